The van der Waals surface area contributed by atoms with Crippen molar-refractivity contribution >= 4 is 0 Å². The first-order chi connectivity index (χ1) is 6.84. The van der Waals surface area contributed by atoms with Crippen molar-refractivity contribution < 1.29 is 0 Å². The van der Waals surface area contributed by atoms with Crippen molar-refractivity contribution in [3.8, 4) is 12.1 Å². The molecule has 15 heavy (non-hydrogen) atoms. The molecular weight excluding hydrogens is 184 g/mol. The zero-order valence-corrected chi connectivity index (χ0v) is 9.96. The van der Waals surface area contributed by atoms with E-state index in [2.05, 4.69) is 18.7 Å². The van der Waals surface area contributed by atoms with E-state index in [1.165, 1.54) is 0 Å². The highest BCUT2D eigenvalue weighted by atomic mass is 14.4. The second-order valence-corrected chi connectivity index (χ2v) is 4.63. The molecule has 80 valence electrons. The Morgan fingerprint density at radius 1 is 1.27 bits per heavy atom. The Balaban J connectivity index is 5.25. The van der Waals surface area contributed by atoms with Crippen LogP contribution in [-0.2, 0) is 0 Å². The molecule has 0 spiro atoms. The molecule has 0 saturated carbocycles. The van der Waals surface area contributed by atoms with Crippen LogP contribution in [0.2, 0.25) is 0 Å². The quantitative estimate of drug-likeness (QED) is 0.656. The third-order valence-corrected chi connectivity index (χ3v) is 2.46. The number of allylic oxidation sites excluding steroid dienone is 3. The van der Waals surface area contributed by atoms with Crippen LogP contribution in [0.3, 0.4) is 0 Å². The van der Waals surface area contributed by atoms with Crippen molar-refractivity contribution in [2.45, 2.75) is 34.1 Å². The van der Waals surface area contributed by atoms with E-state index in [0.29, 0.717) is 12.0 Å². The van der Waals surface area contributed by atoms with Gasteiger partial charge in [0.1, 0.15) is 0 Å². The summed E-state index contributed by atoms with van der Waals surface area (Å²) >= 11 is 0. The van der Waals surface area contributed by atoms with E-state index in [1.54, 1.807) is 0 Å². The predicted octanol–water partition coefficient (Wildman–Crippen LogP) is 3.59. The summed E-state index contributed by atoms with van der Waals surface area (Å²) in [5, 5.41) is 18.3. The molecule has 0 rings (SSSR count). The van der Waals surface area contributed by atoms with Gasteiger partial charge in [-0.25, -0.2) is 0 Å². The highest BCUT2D eigenvalue weighted by Crippen LogP contribution is 2.40. The van der Waals surface area contributed by atoms with Gasteiger partial charge in [0.25, 0.3) is 0 Å². The minimum atomic E-state index is -1.09. The van der Waals surface area contributed by atoms with E-state index in [9.17, 15) is 0 Å². The maximum Gasteiger partial charge on any atom is 0.168 e. The van der Waals surface area contributed by atoms with Crippen LogP contribution in [0, 0.1) is 33.5 Å². The zero-order valence-electron chi connectivity index (χ0n) is 9.96. The summed E-state index contributed by atoms with van der Waals surface area (Å²) in [5.74, 6) is 0. The first-order valence-electron chi connectivity index (χ1n) is 4.97. The average Bonchev–Trinajstić information content (AvgIpc) is 2.18. The van der Waals surface area contributed by atoms with E-state index in [4.69, 9.17) is 10.5 Å². The molecule has 0 N–H and O–H groups in total. The molecular formula is C13H18N2. The molecule has 0 aromatic carbocycles. The molecule has 0 heterocycles. The Hall–Kier alpha value is -1.54. The molecule has 0 radical (unpaired) electrons. The SMILES string of the molecule is C=C(C(C)(C)C)C(C#N)(C#N)C/C=C/C. The molecule has 0 aliphatic heterocycles. The van der Waals surface area contributed by atoms with E-state index in [1.807, 2.05) is 39.8 Å². The van der Waals surface area contributed by atoms with Crippen LogP contribution in [0.1, 0.15) is 34.1 Å². The Kier molecular flexibility index (Phi) is 4.31. The lowest BCUT2D eigenvalue weighted by Gasteiger charge is -2.30. The summed E-state index contributed by atoms with van der Waals surface area (Å²) in [4.78, 5) is 0. The van der Waals surface area contributed by atoms with Gasteiger partial charge >= 0.3 is 0 Å². The van der Waals surface area contributed by atoms with Crippen LogP contribution in [0.15, 0.2) is 24.3 Å². The molecule has 0 aromatic heterocycles. The second-order valence-electron chi connectivity index (χ2n) is 4.63. The summed E-state index contributed by atoms with van der Waals surface area (Å²) in [6.07, 6.45) is 4.09. The molecule has 0 aromatic rings. The normalized spacial score (nSPS) is 12.1. The van der Waals surface area contributed by atoms with Gasteiger partial charge in [-0.3, -0.25) is 0 Å². The average molecular weight is 202 g/mol. The van der Waals surface area contributed by atoms with Crippen LogP contribution in [0.5, 0.6) is 0 Å². The molecule has 0 unspecified atom stereocenters. The van der Waals surface area contributed by atoms with Crippen LogP contribution in [-0.4, -0.2) is 0 Å². The minimum Gasteiger partial charge on any atom is -0.196 e. The van der Waals surface area contributed by atoms with Crippen LogP contribution < -0.4 is 0 Å². The fraction of sp³-hybridized carbons (Fsp3) is 0.538. The smallest absolute Gasteiger partial charge is 0.168 e. The Morgan fingerprint density at radius 3 is 2.00 bits per heavy atom. The third kappa shape index (κ3) is 2.96. The molecule has 0 atom stereocenters. The van der Waals surface area contributed by atoms with E-state index in [-0.39, 0.29) is 5.41 Å². The monoisotopic (exact) mass is 202 g/mol. The topological polar surface area (TPSA) is 47.6 Å². The van der Waals surface area contributed by atoms with Gasteiger partial charge < -0.3 is 0 Å². The van der Waals surface area contributed by atoms with Crippen molar-refractivity contribution in [1.82, 2.24) is 0 Å². The van der Waals surface area contributed by atoms with Gasteiger partial charge in [-0.05, 0) is 17.9 Å². The predicted molar refractivity (Wildman–Crippen MR) is 61.7 cm³/mol. The van der Waals surface area contributed by atoms with Gasteiger partial charge in [0.15, 0.2) is 5.41 Å². The Morgan fingerprint density at radius 2 is 1.73 bits per heavy atom. The van der Waals surface area contributed by atoms with E-state index >= 15 is 0 Å². The first kappa shape index (κ1) is 13.5. The van der Waals surface area contributed by atoms with Crippen molar-refractivity contribution in [2.24, 2.45) is 10.8 Å². The Labute approximate surface area is 92.5 Å². The lowest BCUT2D eigenvalue weighted by molar-refractivity contribution is 0.417. The molecule has 0 saturated heterocycles. The molecule has 0 fully saturated rings. The minimum absolute atomic E-state index is 0.229. The van der Waals surface area contributed by atoms with Crippen molar-refractivity contribution in [3.63, 3.8) is 0 Å². The van der Waals surface area contributed by atoms with Gasteiger partial charge in [0.05, 0.1) is 12.1 Å². The summed E-state index contributed by atoms with van der Waals surface area (Å²) in [7, 11) is 0. The highest BCUT2D eigenvalue weighted by Gasteiger charge is 2.38. The standard InChI is InChI=1S/C13H18N2/c1-6-7-8-13(9-14,10-15)11(2)12(3,4)5/h6-7H,2,8H2,1,3-5H3/b7-6+. The molecule has 2 heteroatoms. The summed E-state index contributed by atoms with van der Waals surface area (Å²) in [6.45, 7) is 11.7. The third-order valence-electron chi connectivity index (χ3n) is 2.46. The van der Waals surface area contributed by atoms with Gasteiger partial charge in [-0.1, -0.05) is 39.5 Å². The van der Waals surface area contributed by atoms with Crippen molar-refractivity contribution in [2.75, 3.05) is 0 Å². The molecule has 0 aliphatic rings. The maximum atomic E-state index is 9.17. The fourth-order valence-electron chi connectivity index (χ4n) is 1.31. The summed E-state index contributed by atoms with van der Waals surface area (Å²) in [5.41, 5.74) is -0.643. The van der Waals surface area contributed by atoms with E-state index < -0.39 is 5.41 Å². The van der Waals surface area contributed by atoms with Crippen LogP contribution >= 0.6 is 0 Å². The van der Waals surface area contributed by atoms with Gasteiger partial charge in [-0.15, -0.1) is 0 Å². The van der Waals surface area contributed by atoms with Gasteiger partial charge in [0.2, 0.25) is 0 Å². The molecule has 2 nitrogen and oxygen atoms in total. The van der Waals surface area contributed by atoms with Crippen LogP contribution in [0.4, 0.5) is 0 Å². The number of rotatable bonds is 3. The van der Waals surface area contributed by atoms with Crippen molar-refractivity contribution in [3.05, 3.63) is 24.3 Å². The zero-order chi connectivity index (χ0) is 12.1. The first-order valence-corrected chi connectivity index (χ1v) is 4.97. The Bertz CT molecular complexity index is 328. The maximum absolute atomic E-state index is 9.17. The fourth-order valence-corrected chi connectivity index (χ4v) is 1.31. The highest BCUT2D eigenvalue weighted by molar-refractivity contribution is 5.35. The summed E-state index contributed by atoms with van der Waals surface area (Å²) in [6, 6.07) is 4.19. The molecule has 0 amide bonds. The number of nitriles is 2. The lowest BCUT2D eigenvalue weighted by atomic mass is 9.69. The number of hydrogen-bond acceptors (Lipinski definition) is 2. The van der Waals surface area contributed by atoms with Gasteiger partial charge in [0, 0.05) is 6.42 Å². The second kappa shape index (κ2) is 4.80. The summed E-state index contributed by atoms with van der Waals surface area (Å²) < 4.78 is 0. The van der Waals surface area contributed by atoms with E-state index in [0.717, 1.165) is 0 Å². The van der Waals surface area contributed by atoms with Crippen molar-refractivity contribution in [1.29, 1.82) is 10.5 Å². The molecule has 0 aliphatic carbocycles. The van der Waals surface area contributed by atoms with Crippen LogP contribution in [0.25, 0.3) is 0 Å². The lowest BCUT2D eigenvalue weighted by Crippen LogP contribution is -2.26. The molecule has 0 bridgehead atoms. The number of hydrogen-bond donors (Lipinski definition) is 0. The largest absolute Gasteiger partial charge is 0.196 e. The van der Waals surface area contributed by atoms with Gasteiger partial charge in [-0.2, -0.15) is 10.5 Å². The number of nitrogens with zero attached hydrogens (tertiary/aromatic N) is 2.